The average Bonchev–Trinajstić information content (AvgIpc) is 2.39. The zero-order valence-electron chi connectivity index (χ0n) is 9.34. The first-order valence-corrected chi connectivity index (χ1v) is 5.17. The van der Waals surface area contributed by atoms with Crippen LogP contribution < -0.4 is 9.84 Å². The minimum atomic E-state index is -0.292. The van der Waals surface area contributed by atoms with Crippen LogP contribution in [-0.4, -0.2) is 12.9 Å². The molecule has 2 aromatic carbocycles. The van der Waals surface area contributed by atoms with Crippen molar-refractivity contribution >= 4 is 5.78 Å². The number of hydrogen-bond acceptors (Lipinski definition) is 3. The van der Waals surface area contributed by atoms with E-state index in [0.29, 0.717) is 11.3 Å². The lowest BCUT2D eigenvalue weighted by molar-refractivity contribution is -0.268. The van der Waals surface area contributed by atoms with E-state index in [-0.39, 0.29) is 17.1 Å². The van der Waals surface area contributed by atoms with Gasteiger partial charge < -0.3 is 9.84 Å². The Balaban J connectivity index is 2.44. The molecule has 2 rings (SSSR count). The first kappa shape index (κ1) is 11.2. The Labute approximate surface area is 99.3 Å². The topological polar surface area (TPSA) is 49.4 Å². The lowest BCUT2D eigenvalue weighted by atomic mass is 10.0. The Morgan fingerprint density at radius 3 is 2.47 bits per heavy atom. The van der Waals surface area contributed by atoms with Gasteiger partial charge >= 0.3 is 0 Å². The van der Waals surface area contributed by atoms with Crippen LogP contribution in [0.5, 0.6) is 11.5 Å². The Kier molecular flexibility index (Phi) is 3.10. The molecule has 0 saturated heterocycles. The molecule has 0 heterocycles. The summed E-state index contributed by atoms with van der Waals surface area (Å²) in [6.07, 6.45) is 0. The monoisotopic (exact) mass is 227 g/mol. The van der Waals surface area contributed by atoms with Crippen LogP contribution in [0.15, 0.2) is 48.5 Å². The fraction of sp³-hybridized carbons (Fsp3) is 0.0714. The van der Waals surface area contributed by atoms with Gasteiger partial charge in [0.15, 0.2) is 5.78 Å². The van der Waals surface area contributed by atoms with Crippen LogP contribution in [0.3, 0.4) is 0 Å². The Morgan fingerprint density at radius 1 is 1.12 bits per heavy atom. The van der Waals surface area contributed by atoms with E-state index >= 15 is 0 Å². The lowest BCUT2D eigenvalue weighted by Crippen LogP contribution is -2.06. The largest absolute Gasteiger partial charge is 0.872 e. The van der Waals surface area contributed by atoms with Gasteiger partial charge in [-0.25, -0.2) is 0 Å². The van der Waals surface area contributed by atoms with Crippen molar-refractivity contribution in [1.29, 1.82) is 0 Å². The molecule has 0 aliphatic heterocycles. The maximum atomic E-state index is 12.1. The Bertz CT molecular complexity index is 532. The smallest absolute Gasteiger partial charge is 0.192 e. The highest BCUT2D eigenvalue weighted by Gasteiger charge is 2.10. The van der Waals surface area contributed by atoms with Gasteiger partial charge in [-0.3, -0.25) is 4.79 Å². The van der Waals surface area contributed by atoms with Crippen molar-refractivity contribution in [2.24, 2.45) is 0 Å². The van der Waals surface area contributed by atoms with E-state index < -0.39 is 0 Å². The van der Waals surface area contributed by atoms with Gasteiger partial charge in [-0.2, -0.15) is 0 Å². The summed E-state index contributed by atoms with van der Waals surface area (Å²) in [6.45, 7) is 0. The number of rotatable bonds is 3. The van der Waals surface area contributed by atoms with E-state index in [4.69, 9.17) is 4.74 Å². The minimum Gasteiger partial charge on any atom is -0.872 e. The molecule has 0 aliphatic rings. The number of ketones is 1. The van der Waals surface area contributed by atoms with Gasteiger partial charge in [0.25, 0.3) is 0 Å². The zero-order valence-corrected chi connectivity index (χ0v) is 9.34. The van der Waals surface area contributed by atoms with E-state index in [1.54, 1.807) is 30.3 Å². The van der Waals surface area contributed by atoms with Gasteiger partial charge in [0.05, 0.1) is 7.11 Å². The summed E-state index contributed by atoms with van der Waals surface area (Å²) in [5.41, 5.74) is 0.633. The molecular formula is C14H11O3-. The molecular weight excluding hydrogens is 216 g/mol. The summed E-state index contributed by atoms with van der Waals surface area (Å²) in [4.78, 5) is 12.1. The summed E-state index contributed by atoms with van der Waals surface area (Å²) in [5, 5.41) is 11.6. The van der Waals surface area contributed by atoms with Crippen LogP contribution in [0.25, 0.3) is 0 Å². The van der Waals surface area contributed by atoms with Crippen LogP contribution in [0.1, 0.15) is 15.9 Å². The predicted octanol–water partition coefficient (Wildman–Crippen LogP) is 2.00. The molecule has 0 N–H and O–H groups in total. The van der Waals surface area contributed by atoms with E-state index in [0.717, 1.165) is 0 Å². The molecule has 3 nitrogen and oxygen atoms in total. The van der Waals surface area contributed by atoms with Gasteiger partial charge in [-0.05, 0) is 12.1 Å². The normalized spacial score (nSPS) is 9.94. The standard InChI is InChI=1S/C14H12O3/c1-17-11-7-8-13(15)12(9-11)14(16)10-5-3-2-4-6-10/h2-9,15H,1H3/p-1. The van der Waals surface area contributed by atoms with E-state index in [1.165, 1.54) is 19.2 Å². The second-order valence-corrected chi connectivity index (χ2v) is 3.56. The number of benzene rings is 2. The molecule has 0 aliphatic carbocycles. The lowest BCUT2D eigenvalue weighted by Gasteiger charge is -2.13. The average molecular weight is 227 g/mol. The van der Waals surface area contributed by atoms with Gasteiger partial charge in [0.1, 0.15) is 5.75 Å². The molecule has 0 spiro atoms. The summed E-state index contributed by atoms with van der Waals surface area (Å²) >= 11 is 0. The highest BCUT2D eigenvalue weighted by Crippen LogP contribution is 2.23. The molecule has 86 valence electrons. The molecule has 0 aromatic heterocycles. The molecule has 2 aromatic rings. The van der Waals surface area contributed by atoms with Crippen molar-refractivity contribution in [2.75, 3.05) is 7.11 Å². The highest BCUT2D eigenvalue weighted by atomic mass is 16.5. The fourth-order valence-corrected chi connectivity index (χ4v) is 1.56. The van der Waals surface area contributed by atoms with E-state index in [9.17, 15) is 9.90 Å². The van der Waals surface area contributed by atoms with E-state index in [2.05, 4.69) is 0 Å². The SMILES string of the molecule is COc1ccc([O-])c(C(=O)c2ccccc2)c1. The number of hydrogen-bond donors (Lipinski definition) is 0. The first-order valence-electron chi connectivity index (χ1n) is 5.17. The van der Waals surface area contributed by atoms with Crippen LogP contribution in [-0.2, 0) is 0 Å². The van der Waals surface area contributed by atoms with Crippen LogP contribution in [0.4, 0.5) is 0 Å². The number of carbonyl (C=O) groups is 1. The maximum absolute atomic E-state index is 12.1. The Morgan fingerprint density at radius 2 is 1.82 bits per heavy atom. The quantitative estimate of drug-likeness (QED) is 0.753. The van der Waals surface area contributed by atoms with Crippen molar-refractivity contribution in [3.8, 4) is 11.5 Å². The molecule has 3 heteroatoms. The van der Waals surface area contributed by atoms with Crippen molar-refractivity contribution in [1.82, 2.24) is 0 Å². The van der Waals surface area contributed by atoms with Crippen molar-refractivity contribution < 1.29 is 14.6 Å². The molecule has 0 atom stereocenters. The number of methoxy groups -OCH3 is 1. The third-order valence-electron chi connectivity index (χ3n) is 2.47. The van der Waals surface area contributed by atoms with Crippen molar-refractivity contribution in [3.63, 3.8) is 0 Å². The van der Waals surface area contributed by atoms with Crippen molar-refractivity contribution in [3.05, 3.63) is 59.7 Å². The van der Waals surface area contributed by atoms with Gasteiger partial charge in [0.2, 0.25) is 0 Å². The number of carbonyl (C=O) groups excluding carboxylic acids is 1. The van der Waals surface area contributed by atoms with Gasteiger partial charge in [0, 0.05) is 11.1 Å². The predicted molar refractivity (Wildman–Crippen MR) is 62.3 cm³/mol. The summed E-state index contributed by atoms with van der Waals surface area (Å²) < 4.78 is 5.00. The second kappa shape index (κ2) is 4.70. The molecule has 0 bridgehead atoms. The van der Waals surface area contributed by atoms with Crippen LogP contribution >= 0.6 is 0 Å². The van der Waals surface area contributed by atoms with Crippen LogP contribution in [0.2, 0.25) is 0 Å². The molecule has 17 heavy (non-hydrogen) atoms. The maximum Gasteiger partial charge on any atom is 0.192 e. The highest BCUT2D eigenvalue weighted by molar-refractivity contribution is 6.10. The second-order valence-electron chi connectivity index (χ2n) is 3.56. The summed E-state index contributed by atoms with van der Waals surface area (Å²) in [7, 11) is 1.50. The fourth-order valence-electron chi connectivity index (χ4n) is 1.56. The van der Waals surface area contributed by atoms with Crippen molar-refractivity contribution in [2.45, 2.75) is 0 Å². The van der Waals surface area contributed by atoms with Crippen LogP contribution in [0, 0.1) is 0 Å². The summed E-state index contributed by atoms with van der Waals surface area (Å²) in [6, 6.07) is 13.1. The third-order valence-corrected chi connectivity index (χ3v) is 2.47. The van der Waals surface area contributed by atoms with Gasteiger partial charge in [-0.15, -0.1) is 0 Å². The third kappa shape index (κ3) is 2.28. The summed E-state index contributed by atoms with van der Waals surface area (Å²) in [5.74, 6) is -0.0713. The first-order chi connectivity index (χ1) is 8.22. The number of ether oxygens (including phenoxy) is 1. The Hall–Kier alpha value is -2.29. The molecule has 0 radical (unpaired) electrons. The molecule has 0 amide bonds. The zero-order chi connectivity index (χ0) is 12.3. The van der Waals surface area contributed by atoms with E-state index in [1.807, 2.05) is 6.07 Å². The molecule has 0 fully saturated rings. The minimum absolute atomic E-state index is 0.135. The molecule has 0 unspecified atom stereocenters. The molecule has 0 saturated carbocycles. The van der Waals surface area contributed by atoms with Gasteiger partial charge in [-0.1, -0.05) is 42.1 Å².